The van der Waals surface area contributed by atoms with E-state index in [1.165, 1.54) is 7.11 Å². The van der Waals surface area contributed by atoms with Gasteiger partial charge in [-0.05, 0) is 42.8 Å². The summed E-state index contributed by atoms with van der Waals surface area (Å²) >= 11 is 12.2. The molecule has 0 fully saturated rings. The highest BCUT2D eigenvalue weighted by Crippen LogP contribution is 2.31. The number of hydrogen-bond acceptors (Lipinski definition) is 3. The minimum atomic E-state index is -0.354. The van der Waals surface area contributed by atoms with Crippen molar-refractivity contribution in [3.05, 3.63) is 63.6 Å². The molecule has 21 heavy (non-hydrogen) atoms. The molecule has 0 aliphatic rings. The number of carbonyl (C=O) groups excluding carboxylic acids is 1. The number of anilines is 1. The van der Waals surface area contributed by atoms with Crippen LogP contribution in [0.1, 0.15) is 28.9 Å². The maximum absolute atomic E-state index is 11.4. The summed E-state index contributed by atoms with van der Waals surface area (Å²) in [6.07, 6.45) is 0. The van der Waals surface area contributed by atoms with Crippen molar-refractivity contribution in [1.29, 1.82) is 0 Å². The van der Waals surface area contributed by atoms with Gasteiger partial charge in [0.2, 0.25) is 0 Å². The molecule has 1 unspecified atom stereocenters. The van der Waals surface area contributed by atoms with E-state index in [1.807, 2.05) is 31.2 Å². The Morgan fingerprint density at radius 2 is 1.81 bits per heavy atom. The quantitative estimate of drug-likeness (QED) is 0.809. The summed E-state index contributed by atoms with van der Waals surface area (Å²) < 4.78 is 4.66. The van der Waals surface area contributed by atoms with Gasteiger partial charge in [-0.15, -0.1) is 0 Å². The lowest BCUT2D eigenvalue weighted by Crippen LogP contribution is -2.08. The summed E-state index contributed by atoms with van der Waals surface area (Å²) in [7, 11) is 1.36. The van der Waals surface area contributed by atoms with Crippen LogP contribution in [-0.4, -0.2) is 13.1 Å². The number of ether oxygens (including phenoxy) is 1. The third-order valence-electron chi connectivity index (χ3n) is 3.14. The second-order valence-electron chi connectivity index (χ2n) is 4.58. The van der Waals surface area contributed by atoms with E-state index in [4.69, 9.17) is 23.2 Å². The summed E-state index contributed by atoms with van der Waals surface area (Å²) in [5, 5.41) is 4.39. The normalized spacial score (nSPS) is 11.8. The van der Waals surface area contributed by atoms with Crippen molar-refractivity contribution in [3.63, 3.8) is 0 Å². The SMILES string of the molecule is COC(=O)c1ccc(NC(C)c2cccc(Cl)c2Cl)cc1. The van der Waals surface area contributed by atoms with Crippen molar-refractivity contribution in [3.8, 4) is 0 Å². The van der Waals surface area contributed by atoms with Gasteiger partial charge in [-0.1, -0.05) is 35.3 Å². The Morgan fingerprint density at radius 1 is 1.14 bits per heavy atom. The van der Waals surface area contributed by atoms with Crippen molar-refractivity contribution in [2.45, 2.75) is 13.0 Å². The number of benzene rings is 2. The van der Waals surface area contributed by atoms with Crippen LogP contribution in [0.4, 0.5) is 5.69 Å². The lowest BCUT2D eigenvalue weighted by molar-refractivity contribution is 0.0601. The van der Waals surface area contributed by atoms with Gasteiger partial charge in [-0.3, -0.25) is 0 Å². The van der Waals surface area contributed by atoms with E-state index >= 15 is 0 Å². The highest BCUT2D eigenvalue weighted by atomic mass is 35.5. The minimum Gasteiger partial charge on any atom is -0.465 e. The molecule has 0 spiro atoms. The lowest BCUT2D eigenvalue weighted by atomic mass is 10.1. The lowest BCUT2D eigenvalue weighted by Gasteiger charge is -2.17. The first-order valence-corrected chi connectivity index (χ1v) is 7.17. The number of halogens is 2. The van der Waals surface area contributed by atoms with Crippen LogP contribution in [0.3, 0.4) is 0 Å². The molecule has 110 valence electrons. The first-order valence-electron chi connectivity index (χ1n) is 6.41. The molecule has 2 rings (SSSR count). The van der Waals surface area contributed by atoms with Gasteiger partial charge in [0.05, 0.1) is 28.8 Å². The van der Waals surface area contributed by atoms with Crippen molar-refractivity contribution in [2.24, 2.45) is 0 Å². The van der Waals surface area contributed by atoms with Crippen LogP contribution in [-0.2, 0) is 4.74 Å². The molecule has 3 nitrogen and oxygen atoms in total. The fourth-order valence-corrected chi connectivity index (χ4v) is 2.47. The predicted molar refractivity (Wildman–Crippen MR) is 86.3 cm³/mol. The van der Waals surface area contributed by atoms with Crippen LogP contribution in [0, 0.1) is 0 Å². The molecule has 2 aromatic rings. The first kappa shape index (κ1) is 15.7. The zero-order valence-electron chi connectivity index (χ0n) is 11.7. The second kappa shape index (κ2) is 6.83. The number of methoxy groups -OCH3 is 1. The Kier molecular flexibility index (Phi) is 5.10. The highest BCUT2D eigenvalue weighted by Gasteiger charge is 2.12. The third-order valence-corrected chi connectivity index (χ3v) is 3.97. The summed E-state index contributed by atoms with van der Waals surface area (Å²) in [5.74, 6) is -0.354. The molecular weight excluding hydrogens is 309 g/mol. The van der Waals surface area contributed by atoms with E-state index in [2.05, 4.69) is 10.1 Å². The van der Waals surface area contributed by atoms with E-state index in [-0.39, 0.29) is 12.0 Å². The largest absolute Gasteiger partial charge is 0.465 e. The van der Waals surface area contributed by atoms with E-state index in [1.54, 1.807) is 18.2 Å². The molecule has 0 aromatic heterocycles. The smallest absolute Gasteiger partial charge is 0.337 e. The maximum atomic E-state index is 11.4. The molecule has 2 aromatic carbocycles. The predicted octanol–water partition coefficient (Wildman–Crippen LogP) is 4.95. The average molecular weight is 324 g/mol. The van der Waals surface area contributed by atoms with Gasteiger partial charge in [0, 0.05) is 5.69 Å². The molecular formula is C16H15Cl2NO2. The van der Waals surface area contributed by atoms with Crippen molar-refractivity contribution in [1.82, 2.24) is 0 Å². The van der Waals surface area contributed by atoms with E-state index in [0.717, 1.165) is 11.3 Å². The van der Waals surface area contributed by atoms with Crippen LogP contribution in [0.15, 0.2) is 42.5 Å². The molecule has 0 aliphatic carbocycles. The van der Waals surface area contributed by atoms with E-state index < -0.39 is 0 Å². The topological polar surface area (TPSA) is 38.3 Å². The Labute approximate surface area is 133 Å². The molecule has 0 radical (unpaired) electrons. The fraction of sp³-hybridized carbons (Fsp3) is 0.188. The Balaban J connectivity index is 2.14. The number of carbonyl (C=O) groups is 1. The van der Waals surface area contributed by atoms with Gasteiger partial charge in [0.25, 0.3) is 0 Å². The maximum Gasteiger partial charge on any atom is 0.337 e. The molecule has 0 saturated heterocycles. The zero-order valence-corrected chi connectivity index (χ0v) is 13.2. The summed E-state index contributed by atoms with van der Waals surface area (Å²) in [6, 6.07) is 12.6. The van der Waals surface area contributed by atoms with Crippen molar-refractivity contribution < 1.29 is 9.53 Å². The van der Waals surface area contributed by atoms with Crippen molar-refractivity contribution in [2.75, 3.05) is 12.4 Å². The summed E-state index contributed by atoms with van der Waals surface area (Å²) in [5.41, 5.74) is 2.31. The van der Waals surface area contributed by atoms with Crippen LogP contribution in [0.25, 0.3) is 0 Å². The molecule has 5 heteroatoms. The number of nitrogens with one attached hydrogen (secondary N) is 1. The summed E-state index contributed by atoms with van der Waals surface area (Å²) in [6.45, 7) is 1.99. The van der Waals surface area contributed by atoms with Gasteiger partial charge in [-0.25, -0.2) is 4.79 Å². The molecule has 1 N–H and O–H groups in total. The Morgan fingerprint density at radius 3 is 2.43 bits per heavy atom. The highest BCUT2D eigenvalue weighted by molar-refractivity contribution is 6.42. The molecule has 1 atom stereocenters. The molecule has 0 heterocycles. The molecule has 0 amide bonds. The molecule has 0 aliphatic heterocycles. The van der Waals surface area contributed by atoms with Crippen molar-refractivity contribution >= 4 is 34.9 Å². The summed E-state index contributed by atoms with van der Waals surface area (Å²) in [4.78, 5) is 11.4. The van der Waals surface area contributed by atoms with E-state index in [9.17, 15) is 4.79 Å². The number of esters is 1. The number of rotatable bonds is 4. The molecule has 0 bridgehead atoms. The monoisotopic (exact) mass is 323 g/mol. The van der Waals surface area contributed by atoms with Gasteiger partial charge >= 0.3 is 5.97 Å². The van der Waals surface area contributed by atoms with Crippen LogP contribution in [0.5, 0.6) is 0 Å². The standard InChI is InChI=1S/C16H15Cl2NO2/c1-10(13-4-3-5-14(17)15(13)18)19-12-8-6-11(7-9-12)16(20)21-2/h3-10,19H,1-2H3. The van der Waals surface area contributed by atoms with Gasteiger partial charge < -0.3 is 10.1 Å². The van der Waals surface area contributed by atoms with E-state index in [0.29, 0.717) is 15.6 Å². The van der Waals surface area contributed by atoms with Crippen LogP contribution in [0.2, 0.25) is 10.0 Å². The first-order chi connectivity index (χ1) is 10.0. The minimum absolute atomic E-state index is 0.0137. The van der Waals surface area contributed by atoms with Gasteiger partial charge in [-0.2, -0.15) is 0 Å². The Hall–Kier alpha value is -1.71. The van der Waals surface area contributed by atoms with Gasteiger partial charge in [0.1, 0.15) is 0 Å². The fourth-order valence-electron chi connectivity index (χ4n) is 2.00. The molecule has 0 saturated carbocycles. The van der Waals surface area contributed by atoms with Crippen LogP contribution < -0.4 is 5.32 Å². The van der Waals surface area contributed by atoms with Crippen LogP contribution >= 0.6 is 23.2 Å². The average Bonchev–Trinajstić information content (AvgIpc) is 2.50. The number of hydrogen-bond donors (Lipinski definition) is 1. The zero-order chi connectivity index (χ0) is 15.4. The van der Waals surface area contributed by atoms with Gasteiger partial charge in [0.15, 0.2) is 0 Å². The third kappa shape index (κ3) is 3.69. The Bertz CT molecular complexity index is 641. The second-order valence-corrected chi connectivity index (χ2v) is 5.36.